The van der Waals surface area contributed by atoms with Crippen LogP contribution in [0.2, 0.25) is 0 Å². The Balaban J connectivity index is 1.82. The summed E-state index contributed by atoms with van der Waals surface area (Å²) in [5, 5.41) is 10.7. The number of hydrogen-bond acceptors (Lipinski definition) is 6. The molecule has 0 amide bonds. The van der Waals surface area contributed by atoms with Crippen molar-refractivity contribution in [2.75, 3.05) is 0 Å². The minimum Gasteiger partial charge on any atom is -0.544 e. The van der Waals surface area contributed by atoms with E-state index in [1.54, 1.807) is 0 Å². The second-order valence-corrected chi connectivity index (χ2v) is 8.41. The molecule has 2 saturated carbocycles. The van der Waals surface area contributed by atoms with Crippen LogP contribution in [-0.4, -0.2) is 40.0 Å². The Kier molecular flexibility index (Phi) is 4.28. The molecule has 0 aromatic heterocycles. The van der Waals surface area contributed by atoms with Crippen LogP contribution in [0.15, 0.2) is 0 Å². The summed E-state index contributed by atoms with van der Waals surface area (Å²) in [6.45, 7) is 2.66. The molecule has 0 aromatic carbocycles. The first kappa shape index (κ1) is 17.8. The van der Waals surface area contributed by atoms with Crippen molar-refractivity contribution in [1.29, 1.82) is 0 Å². The maximum atomic E-state index is 13.8. The van der Waals surface area contributed by atoms with Gasteiger partial charge in [0.25, 0.3) is 0 Å². The molecule has 0 spiro atoms. The summed E-state index contributed by atoms with van der Waals surface area (Å²) in [5.74, 6) is -11.1. The smallest absolute Gasteiger partial charge is 0.323 e. The summed E-state index contributed by atoms with van der Waals surface area (Å²) in [4.78, 5) is 35.2. The highest BCUT2D eigenvalue weighted by atomic mass is 127. The van der Waals surface area contributed by atoms with Gasteiger partial charge in [-0.2, -0.15) is 8.78 Å². The third-order valence-electron chi connectivity index (χ3n) is 5.27. The molecule has 6 nitrogen and oxygen atoms in total. The number of fused-ring (bicyclic) bond motifs is 1. The highest BCUT2D eigenvalue weighted by molar-refractivity contribution is 14.1. The van der Waals surface area contributed by atoms with E-state index < -0.39 is 47.7 Å². The number of carbonyl (C=O) groups is 3. The van der Waals surface area contributed by atoms with E-state index in [0.29, 0.717) is 6.42 Å². The van der Waals surface area contributed by atoms with E-state index in [2.05, 4.69) is 22.6 Å². The van der Waals surface area contributed by atoms with Gasteiger partial charge < -0.3 is 19.4 Å². The van der Waals surface area contributed by atoms with Gasteiger partial charge in [-0.25, -0.2) is 0 Å². The maximum Gasteiger partial charge on any atom is 0.323 e. The summed E-state index contributed by atoms with van der Waals surface area (Å²) in [6, 6.07) is 0. The molecule has 1 heterocycles. The molecule has 1 saturated heterocycles. The SMILES string of the molecule is CC(C)C(OC(=O)C1C2CC3C(OC(=O)C31)C2I)C(F)(F)C(=O)[O-]. The highest BCUT2D eigenvalue weighted by Crippen LogP contribution is 2.60. The molecule has 0 radical (unpaired) electrons. The molecular weight excluding hydrogens is 441 g/mol. The van der Waals surface area contributed by atoms with E-state index in [1.807, 2.05) is 0 Å². The molecule has 1 aliphatic heterocycles. The maximum absolute atomic E-state index is 13.8. The van der Waals surface area contributed by atoms with Crippen LogP contribution in [0.5, 0.6) is 0 Å². The van der Waals surface area contributed by atoms with Crippen LogP contribution < -0.4 is 5.11 Å². The number of rotatable bonds is 5. The number of alkyl halides is 3. The average molecular weight is 457 g/mol. The summed E-state index contributed by atoms with van der Waals surface area (Å²) >= 11 is 2.11. The van der Waals surface area contributed by atoms with Crippen LogP contribution >= 0.6 is 22.6 Å². The summed E-state index contributed by atoms with van der Waals surface area (Å²) in [5.41, 5.74) is 0. The molecule has 24 heavy (non-hydrogen) atoms. The van der Waals surface area contributed by atoms with Crippen molar-refractivity contribution in [3.05, 3.63) is 0 Å². The minimum absolute atomic E-state index is 0.0769. The van der Waals surface area contributed by atoms with Crippen LogP contribution in [0.4, 0.5) is 8.78 Å². The Labute approximate surface area is 150 Å². The van der Waals surface area contributed by atoms with Crippen molar-refractivity contribution in [2.45, 2.75) is 42.3 Å². The molecule has 0 aromatic rings. The first-order valence-electron chi connectivity index (χ1n) is 7.71. The van der Waals surface area contributed by atoms with Gasteiger partial charge >= 0.3 is 17.9 Å². The quantitative estimate of drug-likeness (QED) is 0.340. The zero-order valence-corrected chi connectivity index (χ0v) is 15.1. The zero-order valence-electron chi connectivity index (χ0n) is 12.9. The van der Waals surface area contributed by atoms with Crippen LogP contribution in [0.1, 0.15) is 20.3 Å². The van der Waals surface area contributed by atoms with Crippen LogP contribution in [0.3, 0.4) is 0 Å². The fraction of sp³-hybridized carbons (Fsp3) is 0.800. The average Bonchev–Trinajstić information content (AvgIpc) is 3.07. The molecule has 7 atom stereocenters. The Morgan fingerprint density at radius 1 is 1.38 bits per heavy atom. The van der Waals surface area contributed by atoms with Crippen molar-refractivity contribution in [2.24, 2.45) is 29.6 Å². The fourth-order valence-corrected chi connectivity index (χ4v) is 5.66. The number of hydrogen-bond donors (Lipinski definition) is 0. The fourth-order valence-electron chi connectivity index (χ4n) is 4.24. The topological polar surface area (TPSA) is 92.7 Å². The number of esters is 2. The number of carboxylic acid groups (broad SMARTS) is 1. The van der Waals surface area contributed by atoms with E-state index >= 15 is 0 Å². The molecule has 3 aliphatic rings. The molecule has 9 heteroatoms. The summed E-state index contributed by atoms with van der Waals surface area (Å²) in [7, 11) is 0. The molecule has 134 valence electrons. The Bertz CT molecular complexity index is 595. The predicted molar refractivity (Wildman–Crippen MR) is 80.9 cm³/mol. The van der Waals surface area contributed by atoms with E-state index in [4.69, 9.17) is 9.47 Å². The molecular formula is C15H16F2IO6-. The first-order chi connectivity index (χ1) is 11.1. The minimum atomic E-state index is -4.30. The van der Waals surface area contributed by atoms with Crippen LogP contribution in [0, 0.1) is 29.6 Å². The third kappa shape index (κ3) is 2.41. The van der Waals surface area contributed by atoms with Gasteiger partial charge in [0.2, 0.25) is 0 Å². The van der Waals surface area contributed by atoms with Gasteiger partial charge in [-0.1, -0.05) is 36.4 Å². The summed E-state index contributed by atoms with van der Waals surface area (Å²) < 4.78 is 37.7. The van der Waals surface area contributed by atoms with Crippen molar-refractivity contribution in [3.8, 4) is 0 Å². The predicted octanol–water partition coefficient (Wildman–Crippen LogP) is 0.550. The van der Waals surface area contributed by atoms with Gasteiger partial charge in [-0.3, -0.25) is 9.59 Å². The molecule has 3 fully saturated rings. The van der Waals surface area contributed by atoms with E-state index in [0.717, 1.165) is 0 Å². The van der Waals surface area contributed by atoms with Gasteiger partial charge in [0.05, 0.1) is 15.8 Å². The molecule has 7 unspecified atom stereocenters. The van der Waals surface area contributed by atoms with Gasteiger partial charge in [0.15, 0.2) is 6.10 Å². The second kappa shape index (κ2) is 5.77. The van der Waals surface area contributed by atoms with Crippen molar-refractivity contribution >= 4 is 40.5 Å². The first-order valence-corrected chi connectivity index (χ1v) is 8.96. The van der Waals surface area contributed by atoms with Gasteiger partial charge in [-0.15, -0.1) is 0 Å². The van der Waals surface area contributed by atoms with Gasteiger partial charge in [0.1, 0.15) is 12.1 Å². The van der Waals surface area contributed by atoms with E-state index in [-0.39, 0.29) is 21.9 Å². The zero-order chi connectivity index (χ0) is 18.0. The normalized spacial score (nSPS) is 38.3. The largest absolute Gasteiger partial charge is 0.544 e. The third-order valence-corrected chi connectivity index (χ3v) is 6.91. The number of carbonyl (C=O) groups excluding carboxylic acids is 3. The number of halogens is 3. The van der Waals surface area contributed by atoms with E-state index in [1.165, 1.54) is 13.8 Å². The highest BCUT2D eigenvalue weighted by Gasteiger charge is 2.68. The monoisotopic (exact) mass is 457 g/mol. The lowest BCUT2D eigenvalue weighted by atomic mass is 9.80. The Morgan fingerprint density at radius 3 is 2.54 bits per heavy atom. The van der Waals surface area contributed by atoms with Crippen molar-refractivity contribution in [1.82, 2.24) is 0 Å². The standard InChI is InChI=1S/C15H17F2IO6/c1-4(2)11(15(16,17)14(21)22)24-13(20)7-5-3-6-8(7)12(19)23-10(6)9(5)18/h4-11H,3H2,1-2H3,(H,21,22)/p-1. The second-order valence-electron chi connectivity index (χ2n) is 6.97. The lowest BCUT2D eigenvalue weighted by Crippen LogP contribution is -2.54. The van der Waals surface area contributed by atoms with E-state index in [9.17, 15) is 28.3 Å². The lowest BCUT2D eigenvalue weighted by Gasteiger charge is -2.33. The Hall–Kier alpha value is -1.00. The van der Waals surface area contributed by atoms with Gasteiger partial charge in [-0.05, 0) is 18.3 Å². The molecule has 0 N–H and O–H groups in total. The van der Waals surface area contributed by atoms with Crippen LogP contribution in [0.25, 0.3) is 0 Å². The van der Waals surface area contributed by atoms with Gasteiger partial charge in [0, 0.05) is 5.92 Å². The summed E-state index contributed by atoms with van der Waals surface area (Å²) in [6.07, 6.45) is -1.77. The Morgan fingerprint density at radius 2 is 2.00 bits per heavy atom. The molecule has 3 rings (SSSR count). The number of carboxylic acids is 1. The number of aliphatic carboxylic acids is 1. The van der Waals surface area contributed by atoms with Crippen molar-refractivity contribution in [3.63, 3.8) is 0 Å². The number of ether oxygens (including phenoxy) is 2. The molecule has 2 bridgehead atoms. The lowest BCUT2D eigenvalue weighted by molar-refractivity contribution is -0.337. The van der Waals surface area contributed by atoms with Crippen LogP contribution in [-0.2, 0) is 23.9 Å². The van der Waals surface area contributed by atoms with Crippen molar-refractivity contribution < 1.29 is 37.7 Å². The molecule has 2 aliphatic carbocycles.